The largest absolute Gasteiger partial charge is 0.367 e. The van der Waals surface area contributed by atoms with Crippen LogP contribution in [0.3, 0.4) is 0 Å². The fraction of sp³-hybridized carbons (Fsp3) is 1.00. The van der Waals surface area contributed by atoms with Gasteiger partial charge in [0.15, 0.2) is 0 Å². The standard InChI is InChI=1S/C6H12O3/c1-5-6(9-5)3-8-4-7-2/h5-6H,3-4H2,1-2H3. The van der Waals surface area contributed by atoms with Crippen molar-refractivity contribution >= 4 is 0 Å². The Kier molecular flexibility index (Phi) is 2.45. The number of methoxy groups -OCH3 is 1. The Morgan fingerprint density at radius 2 is 2.22 bits per heavy atom. The van der Waals surface area contributed by atoms with Gasteiger partial charge in [-0.3, -0.25) is 0 Å². The Hall–Kier alpha value is -0.120. The SMILES string of the molecule is COCOCC1OC1C. The molecule has 9 heavy (non-hydrogen) atoms. The van der Waals surface area contributed by atoms with Gasteiger partial charge >= 0.3 is 0 Å². The predicted molar refractivity (Wildman–Crippen MR) is 32.2 cm³/mol. The van der Waals surface area contributed by atoms with Gasteiger partial charge in [-0.25, -0.2) is 0 Å². The Morgan fingerprint density at radius 1 is 1.56 bits per heavy atom. The molecule has 0 amide bonds. The highest BCUT2D eigenvalue weighted by Gasteiger charge is 2.33. The summed E-state index contributed by atoms with van der Waals surface area (Å²) in [5.41, 5.74) is 0. The van der Waals surface area contributed by atoms with Gasteiger partial charge in [-0.05, 0) is 6.92 Å². The number of hydrogen-bond acceptors (Lipinski definition) is 3. The summed E-state index contributed by atoms with van der Waals surface area (Å²) >= 11 is 0. The maximum Gasteiger partial charge on any atom is 0.146 e. The molecule has 0 N–H and O–H groups in total. The van der Waals surface area contributed by atoms with Gasteiger partial charge in [0, 0.05) is 7.11 Å². The second-order valence-electron chi connectivity index (χ2n) is 2.16. The first-order valence-electron chi connectivity index (χ1n) is 3.06. The van der Waals surface area contributed by atoms with E-state index in [1.165, 1.54) is 0 Å². The summed E-state index contributed by atoms with van der Waals surface area (Å²) in [5, 5.41) is 0. The molecule has 1 aliphatic heterocycles. The molecule has 2 unspecified atom stereocenters. The maximum atomic E-state index is 5.08. The van der Waals surface area contributed by atoms with Crippen LogP contribution in [0.2, 0.25) is 0 Å². The molecule has 1 fully saturated rings. The summed E-state index contributed by atoms with van der Waals surface area (Å²) in [4.78, 5) is 0. The number of ether oxygens (including phenoxy) is 3. The highest BCUT2D eigenvalue weighted by molar-refractivity contribution is 4.79. The molecule has 2 atom stereocenters. The van der Waals surface area contributed by atoms with E-state index in [1.54, 1.807) is 7.11 Å². The van der Waals surface area contributed by atoms with Crippen molar-refractivity contribution in [1.29, 1.82) is 0 Å². The average molecular weight is 132 g/mol. The van der Waals surface area contributed by atoms with Crippen molar-refractivity contribution in [1.82, 2.24) is 0 Å². The minimum atomic E-state index is 0.320. The monoisotopic (exact) mass is 132 g/mol. The zero-order chi connectivity index (χ0) is 6.69. The molecule has 3 heteroatoms. The van der Waals surface area contributed by atoms with E-state index >= 15 is 0 Å². The summed E-state index contributed by atoms with van der Waals surface area (Å²) in [6.45, 7) is 3.06. The van der Waals surface area contributed by atoms with Gasteiger partial charge in [-0.2, -0.15) is 0 Å². The van der Waals surface area contributed by atoms with Gasteiger partial charge in [-0.15, -0.1) is 0 Å². The van der Waals surface area contributed by atoms with Crippen LogP contribution in [0.15, 0.2) is 0 Å². The second-order valence-corrected chi connectivity index (χ2v) is 2.16. The molecule has 0 aliphatic carbocycles. The van der Waals surface area contributed by atoms with Crippen LogP contribution in [0.5, 0.6) is 0 Å². The van der Waals surface area contributed by atoms with Crippen LogP contribution < -0.4 is 0 Å². The minimum absolute atomic E-state index is 0.320. The molecule has 54 valence electrons. The lowest BCUT2D eigenvalue weighted by Gasteiger charge is -1.97. The van der Waals surface area contributed by atoms with Crippen molar-refractivity contribution in [2.24, 2.45) is 0 Å². The molecule has 0 aromatic carbocycles. The third-order valence-electron chi connectivity index (χ3n) is 1.32. The van der Waals surface area contributed by atoms with Crippen LogP contribution in [-0.2, 0) is 14.2 Å². The quantitative estimate of drug-likeness (QED) is 0.315. The summed E-state index contributed by atoms with van der Waals surface area (Å²) < 4.78 is 14.8. The molecule has 0 radical (unpaired) electrons. The van der Waals surface area contributed by atoms with Crippen molar-refractivity contribution in [3.05, 3.63) is 0 Å². The lowest BCUT2D eigenvalue weighted by atomic mass is 10.4. The molecule has 0 bridgehead atoms. The minimum Gasteiger partial charge on any atom is -0.367 e. The molecule has 0 aromatic heterocycles. The van der Waals surface area contributed by atoms with Crippen molar-refractivity contribution in [3.8, 4) is 0 Å². The molecular weight excluding hydrogens is 120 g/mol. The Labute approximate surface area is 54.9 Å². The summed E-state index contributed by atoms with van der Waals surface area (Å²) in [7, 11) is 1.61. The first-order valence-corrected chi connectivity index (χ1v) is 3.06. The van der Waals surface area contributed by atoms with Crippen LogP contribution in [0, 0.1) is 0 Å². The van der Waals surface area contributed by atoms with Crippen molar-refractivity contribution in [2.75, 3.05) is 20.5 Å². The van der Waals surface area contributed by atoms with Crippen molar-refractivity contribution < 1.29 is 14.2 Å². The fourth-order valence-electron chi connectivity index (χ4n) is 0.653. The third kappa shape index (κ3) is 2.30. The maximum absolute atomic E-state index is 5.08. The van der Waals surface area contributed by atoms with Crippen molar-refractivity contribution in [2.45, 2.75) is 19.1 Å². The van der Waals surface area contributed by atoms with Crippen molar-refractivity contribution in [3.63, 3.8) is 0 Å². The molecule has 1 rings (SSSR count). The van der Waals surface area contributed by atoms with Crippen LogP contribution in [0.1, 0.15) is 6.92 Å². The van der Waals surface area contributed by atoms with E-state index < -0.39 is 0 Å². The van der Waals surface area contributed by atoms with E-state index in [-0.39, 0.29) is 0 Å². The van der Waals surface area contributed by atoms with Gasteiger partial charge in [0.2, 0.25) is 0 Å². The van der Waals surface area contributed by atoms with Crippen LogP contribution >= 0.6 is 0 Å². The second kappa shape index (κ2) is 3.15. The van der Waals surface area contributed by atoms with E-state index in [2.05, 4.69) is 4.74 Å². The number of rotatable bonds is 4. The molecule has 0 saturated carbocycles. The lowest BCUT2D eigenvalue weighted by molar-refractivity contribution is -0.0351. The van der Waals surface area contributed by atoms with Gasteiger partial charge in [-0.1, -0.05) is 0 Å². The van der Waals surface area contributed by atoms with E-state index in [9.17, 15) is 0 Å². The third-order valence-corrected chi connectivity index (χ3v) is 1.32. The van der Waals surface area contributed by atoms with Crippen LogP contribution in [0.4, 0.5) is 0 Å². The van der Waals surface area contributed by atoms with Crippen LogP contribution in [-0.4, -0.2) is 32.7 Å². The molecule has 0 spiro atoms. The van der Waals surface area contributed by atoms with E-state index in [0.29, 0.717) is 25.6 Å². The lowest BCUT2D eigenvalue weighted by Crippen LogP contribution is -2.05. The van der Waals surface area contributed by atoms with Crippen LogP contribution in [0.25, 0.3) is 0 Å². The Bertz CT molecular complexity index is 84.4. The molecular formula is C6H12O3. The van der Waals surface area contributed by atoms with Gasteiger partial charge in [0.25, 0.3) is 0 Å². The summed E-state index contributed by atoms with van der Waals surface area (Å²) in [6, 6.07) is 0. The average Bonchev–Trinajstić information content (AvgIpc) is 2.48. The highest BCUT2D eigenvalue weighted by atomic mass is 16.7. The number of epoxide rings is 1. The molecule has 1 heterocycles. The zero-order valence-electron chi connectivity index (χ0n) is 5.79. The fourth-order valence-corrected chi connectivity index (χ4v) is 0.653. The first kappa shape index (κ1) is 6.99. The van der Waals surface area contributed by atoms with Gasteiger partial charge < -0.3 is 14.2 Å². The topological polar surface area (TPSA) is 31.0 Å². The zero-order valence-corrected chi connectivity index (χ0v) is 5.79. The highest BCUT2D eigenvalue weighted by Crippen LogP contribution is 2.20. The molecule has 3 nitrogen and oxygen atoms in total. The number of hydrogen-bond donors (Lipinski definition) is 0. The Balaban J connectivity index is 1.83. The molecule has 0 aromatic rings. The molecule has 1 aliphatic rings. The smallest absolute Gasteiger partial charge is 0.146 e. The van der Waals surface area contributed by atoms with E-state index in [4.69, 9.17) is 9.47 Å². The van der Waals surface area contributed by atoms with Gasteiger partial charge in [0.05, 0.1) is 12.7 Å². The van der Waals surface area contributed by atoms with E-state index in [0.717, 1.165) is 0 Å². The molecule has 1 saturated heterocycles. The predicted octanol–water partition coefficient (Wildman–Crippen LogP) is 0.394. The Morgan fingerprint density at radius 3 is 2.67 bits per heavy atom. The summed E-state index contributed by atoms with van der Waals surface area (Å²) in [5.74, 6) is 0. The normalized spacial score (nSPS) is 32.7. The van der Waals surface area contributed by atoms with E-state index in [1.807, 2.05) is 6.92 Å². The first-order chi connectivity index (χ1) is 4.34. The van der Waals surface area contributed by atoms with Gasteiger partial charge in [0.1, 0.15) is 12.9 Å². The summed E-state index contributed by atoms with van der Waals surface area (Å²) in [6.07, 6.45) is 0.710.